The lowest BCUT2D eigenvalue weighted by atomic mass is 10.2. The smallest absolute Gasteiger partial charge is 0.230 e. The molecule has 6 nitrogen and oxygen atoms in total. The largest absolute Gasteiger partial charge is 0.497 e. The van der Waals surface area contributed by atoms with Crippen molar-refractivity contribution >= 4 is 17.7 Å². The summed E-state index contributed by atoms with van der Waals surface area (Å²) in [4.78, 5) is 12.0. The number of ether oxygens (including phenoxy) is 1. The number of nitrogens with one attached hydrogen (secondary N) is 1. The van der Waals surface area contributed by atoms with E-state index in [0.29, 0.717) is 10.9 Å². The molecule has 23 heavy (non-hydrogen) atoms. The molecular weight excluding hydrogens is 312 g/mol. The molecule has 124 valence electrons. The lowest BCUT2D eigenvalue weighted by molar-refractivity contribution is -0.119. The van der Waals surface area contributed by atoms with Crippen molar-refractivity contribution < 1.29 is 9.53 Å². The number of aromatic nitrogens is 3. The standard InChI is InChI=1S/C16H22N4O2S/c1-4-12(5-2)18-15(21)10-23-16-19-17-11-20(16)13-6-8-14(22-3)9-7-13/h6-9,11-12H,4-5,10H2,1-3H3,(H,18,21). The van der Waals surface area contributed by atoms with Gasteiger partial charge in [-0.3, -0.25) is 9.36 Å². The molecule has 1 N–H and O–H groups in total. The number of amides is 1. The molecule has 0 atom stereocenters. The summed E-state index contributed by atoms with van der Waals surface area (Å²) < 4.78 is 7.01. The molecule has 0 aliphatic heterocycles. The summed E-state index contributed by atoms with van der Waals surface area (Å²) in [6.45, 7) is 4.14. The van der Waals surface area contributed by atoms with Crippen LogP contribution in [0.5, 0.6) is 5.75 Å². The number of methoxy groups -OCH3 is 1. The van der Waals surface area contributed by atoms with E-state index in [1.54, 1.807) is 13.4 Å². The first kappa shape index (κ1) is 17.3. The molecule has 0 unspecified atom stereocenters. The lowest BCUT2D eigenvalue weighted by Gasteiger charge is -2.14. The van der Waals surface area contributed by atoms with E-state index in [1.165, 1.54) is 11.8 Å². The van der Waals surface area contributed by atoms with Crippen LogP contribution in [0.15, 0.2) is 35.7 Å². The van der Waals surface area contributed by atoms with E-state index in [4.69, 9.17) is 4.74 Å². The van der Waals surface area contributed by atoms with Crippen molar-refractivity contribution in [2.24, 2.45) is 0 Å². The molecule has 1 aromatic heterocycles. The predicted octanol–water partition coefficient (Wildman–Crippen LogP) is 2.67. The third-order valence-electron chi connectivity index (χ3n) is 3.55. The zero-order valence-electron chi connectivity index (χ0n) is 13.7. The quantitative estimate of drug-likeness (QED) is 0.752. The predicted molar refractivity (Wildman–Crippen MR) is 91.1 cm³/mol. The van der Waals surface area contributed by atoms with Gasteiger partial charge in [-0.1, -0.05) is 25.6 Å². The average Bonchev–Trinajstić information content (AvgIpc) is 3.06. The molecule has 0 aliphatic rings. The number of hydrogen-bond donors (Lipinski definition) is 1. The molecule has 0 bridgehead atoms. The molecule has 1 heterocycles. The molecule has 0 saturated heterocycles. The Bertz CT molecular complexity index is 623. The van der Waals surface area contributed by atoms with Crippen LogP contribution in [0, 0.1) is 0 Å². The van der Waals surface area contributed by atoms with Crippen LogP contribution < -0.4 is 10.1 Å². The summed E-state index contributed by atoms with van der Waals surface area (Å²) in [6, 6.07) is 7.85. The summed E-state index contributed by atoms with van der Waals surface area (Å²) >= 11 is 1.38. The Balaban J connectivity index is 1.99. The van der Waals surface area contributed by atoms with Gasteiger partial charge in [-0.15, -0.1) is 10.2 Å². The highest BCUT2D eigenvalue weighted by molar-refractivity contribution is 7.99. The van der Waals surface area contributed by atoms with Crippen LogP contribution in [0.4, 0.5) is 0 Å². The van der Waals surface area contributed by atoms with Gasteiger partial charge in [0.25, 0.3) is 0 Å². The molecule has 7 heteroatoms. The Kier molecular flexibility index (Phi) is 6.46. The van der Waals surface area contributed by atoms with Gasteiger partial charge in [-0.25, -0.2) is 0 Å². The van der Waals surface area contributed by atoms with Crippen molar-refractivity contribution in [3.8, 4) is 11.4 Å². The highest BCUT2D eigenvalue weighted by Gasteiger charge is 2.12. The Hall–Kier alpha value is -2.02. The van der Waals surface area contributed by atoms with Crippen LogP contribution in [0.25, 0.3) is 5.69 Å². The monoisotopic (exact) mass is 334 g/mol. The summed E-state index contributed by atoms with van der Waals surface area (Å²) in [5.41, 5.74) is 0.929. The fourth-order valence-corrected chi connectivity index (χ4v) is 2.88. The first-order chi connectivity index (χ1) is 11.2. The van der Waals surface area contributed by atoms with Crippen molar-refractivity contribution in [3.63, 3.8) is 0 Å². The fraction of sp³-hybridized carbons (Fsp3) is 0.438. The van der Waals surface area contributed by atoms with Gasteiger partial charge in [-0.2, -0.15) is 0 Å². The Labute approximate surface area is 140 Å². The second kappa shape index (κ2) is 8.57. The molecule has 2 aromatic rings. The van der Waals surface area contributed by atoms with Crippen LogP contribution in [0.3, 0.4) is 0 Å². The number of nitrogens with zero attached hydrogens (tertiary/aromatic N) is 3. The van der Waals surface area contributed by atoms with Gasteiger partial charge < -0.3 is 10.1 Å². The molecule has 0 fully saturated rings. The summed E-state index contributed by atoms with van der Waals surface area (Å²) in [5.74, 6) is 1.14. The molecule has 0 aliphatic carbocycles. The number of rotatable bonds is 8. The summed E-state index contributed by atoms with van der Waals surface area (Å²) in [6.07, 6.45) is 3.52. The van der Waals surface area contributed by atoms with Crippen molar-refractivity contribution in [3.05, 3.63) is 30.6 Å². The SMILES string of the molecule is CCC(CC)NC(=O)CSc1nncn1-c1ccc(OC)cc1. The normalized spacial score (nSPS) is 10.8. The van der Waals surface area contributed by atoms with Crippen LogP contribution in [-0.4, -0.2) is 39.6 Å². The molecule has 1 amide bonds. The number of carbonyl (C=O) groups excluding carboxylic acids is 1. The van der Waals surface area contributed by atoms with E-state index in [2.05, 4.69) is 29.4 Å². The molecule has 0 radical (unpaired) electrons. The lowest BCUT2D eigenvalue weighted by Crippen LogP contribution is -2.35. The van der Waals surface area contributed by atoms with Crippen LogP contribution >= 0.6 is 11.8 Å². The van der Waals surface area contributed by atoms with Gasteiger partial charge in [0, 0.05) is 11.7 Å². The van der Waals surface area contributed by atoms with E-state index < -0.39 is 0 Å². The maximum absolute atomic E-state index is 12.0. The zero-order valence-corrected chi connectivity index (χ0v) is 14.5. The van der Waals surface area contributed by atoms with Crippen molar-refractivity contribution in [2.45, 2.75) is 37.9 Å². The van der Waals surface area contributed by atoms with Gasteiger partial charge >= 0.3 is 0 Å². The third-order valence-corrected chi connectivity index (χ3v) is 4.49. The Morgan fingerprint density at radius 1 is 1.30 bits per heavy atom. The van der Waals surface area contributed by atoms with E-state index >= 15 is 0 Å². The second-order valence-corrected chi connectivity index (χ2v) is 5.99. The Morgan fingerprint density at radius 2 is 2.00 bits per heavy atom. The molecule has 2 rings (SSSR count). The number of carbonyl (C=O) groups is 1. The first-order valence-electron chi connectivity index (χ1n) is 7.64. The van der Waals surface area contributed by atoms with E-state index in [-0.39, 0.29) is 11.9 Å². The minimum absolute atomic E-state index is 0.0213. The van der Waals surface area contributed by atoms with Gasteiger partial charge in [0.05, 0.1) is 12.9 Å². The fourth-order valence-electron chi connectivity index (χ4n) is 2.13. The second-order valence-electron chi connectivity index (χ2n) is 5.05. The first-order valence-corrected chi connectivity index (χ1v) is 8.63. The van der Waals surface area contributed by atoms with Gasteiger partial charge in [-0.05, 0) is 37.1 Å². The van der Waals surface area contributed by atoms with Crippen molar-refractivity contribution in [2.75, 3.05) is 12.9 Å². The minimum Gasteiger partial charge on any atom is -0.497 e. The minimum atomic E-state index is 0.0213. The van der Waals surface area contributed by atoms with Crippen molar-refractivity contribution in [1.29, 1.82) is 0 Å². The molecule has 0 spiro atoms. The van der Waals surface area contributed by atoms with Crippen LogP contribution in [0.1, 0.15) is 26.7 Å². The van der Waals surface area contributed by atoms with Gasteiger partial charge in [0.15, 0.2) is 5.16 Å². The van der Waals surface area contributed by atoms with Gasteiger partial charge in [0.2, 0.25) is 5.91 Å². The molecule has 1 aromatic carbocycles. The van der Waals surface area contributed by atoms with E-state index in [0.717, 1.165) is 24.3 Å². The third kappa shape index (κ3) is 4.72. The highest BCUT2D eigenvalue weighted by atomic mass is 32.2. The maximum Gasteiger partial charge on any atom is 0.230 e. The van der Waals surface area contributed by atoms with Crippen molar-refractivity contribution in [1.82, 2.24) is 20.1 Å². The van der Waals surface area contributed by atoms with Crippen LogP contribution in [-0.2, 0) is 4.79 Å². The molecule has 0 saturated carbocycles. The molecular formula is C16H22N4O2S. The highest BCUT2D eigenvalue weighted by Crippen LogP contribution is 2.21. The van der Waals surface area contributed by atoms with Gasteiger partial charge in [0.1, 0.15) is 12.1 Å². The average molecular weight is 334 g/mol. The maximum atomic E-state index is 12.0. The topological polar surface area (TPSA) is 69.0 Å². The van der Waals surface area contributed by atoms with Crippen LogP contribution in [0.2, 0.25) is 0 Å². The summed E-state index contributed by atoms with van der Waals surface area (Å²) in [5, 5.41) is 11.7. The number of thioether (sulfide) groups is 1. The zero-order chi connectivity index (χ0) is 16.7. The summed E-state index contributed by atoms with van der Waals surface area (Å²) in [7, 11) is 1.63. The van der Waals surface area contributed by atoms with E-state index in [9.17, 15) is 4.79 Å². The number of hydrogen-bond acceptors (Lipinski definition) is 5. The Morgan fingerprint density at radius 3 is 2.61 bits per heavy atom. The number of benzene rings is 1. The van der Waals surface area contributed by atoms with E-state index in [1.807, 2.05) is 28.8 Å².